The average molecular weight is 363 g/mol. The predicted octanol–water partition coefficient (Wildman–Crippen LogP) is 2.96. The average Bonchev–Trinajstić information content (AvgIpc) is 3.29. The van der Waals surface area contributed by atoms with Crippen LogP contribution in [0.4, 0.5) is 5.82 Å². The first-order chi connectivity index (χ1) is 12.8. The molecular weight excluding hydrogens is 334 g/mol. The Hall–Kier alpha value is -1.74. The highest BCUT2D eigenvalue weighted by Gasteiger charge is 2.34. The van der Waals surface area contributed by atoms with Crippen molar-refractivity contribution in [3.05, 3.63) is 18.6 Å². The zero-order valence-electron chi connectivity index (χ0n) is 15.6. The van der Waals surface area contributed by atoms with Crippen molar-refractivity contribution in [3.63, 3.8) is 0 Å². The molecular formula is C18H29N5O3. The maximum Gasteiger partial charge on any atom is 0.272 e. The first-order valence-corrected chi connectivity index (χ1v) is 9.45. The molecule has 3 heterocycles. The molecule has 1 aliphatic heterocycles. The Bertz CT molecular complexity index is 693. The molecule has 1 aliphatic rings. The van der Waals surface area contributed by atoms with E-state index in [1.807, 2.05) is 19.3 Å². The van der Waals surface area contributed by atoms with Gasteiger partial charge in [-0.15, -0.1) is 0 Å². The maximum atomic E-state index is 6.00. The number of nitrogens with one attached hydrogen (secondary N) is 1. The van der Waals surface area contributed by atoms with Crippen LogP contribution in [0.3, 0.4) is 0 Å². The molecule has 0 aromatic carbocycles. The molecule has 1 unspecified atom stereocenters. The monoisotopic (exact) mass is 363 g/mol. The number of pyridine rings is 1. The Morgan fingerprint density at radius 1 is 1.35 bits per heavy atom. The number of nitrogens with two attached hydrogens (primary N) is 1. The molecule has 0 spiro atoms. The molecule has 8 nitrogen and oxygen atoms in total. The predicted molar refractivity (Wildman–Crippen MR) is 99.4 cm³/mol. The Kier molecular flexibility index (Phi) is 6.79. The quantitative estimate of drug-likeness (QED) is 0.380. The summed E-state index contributed by atoms with van der Waals surface area (Å²) < 4.78 is 19.3. The number of anilines is 1. The van der Waals surface area contributed by atoms with Crippen LogP contribution in [0.15, 0.2) is 18.6 Å². The second kappa shape index (κ2) is 9.27. The van der Waals surface area contributed by atoms with Crippen molar-refractivity contribution >= 4 is 16.9 Å². The molecule has 3 N–H and O–H groups in total. The third-order valence-corrected chi connectivity index (χ3v) is 4.75. The summed E-state index contributed by atoms with van der Waals surface area (Å²) in [6, 6.07) is 2.08. The van der Waals surface area contributed by atoms with E-state index in [0.29, 0.717) is 19.0 Å². The van der Waals surface area contributed by atoms with E-state index in [1.165, 1.54) is 19.3 Å². The lowest BCUT2D eigenvalue weighted by Crippen LogP contribution is -2.27. The molecule has 8 heteroatoms. The number of unbranched alkanes of at least 4 members (excludes halogenated alkanes) is 3. The smallest absolute Gasteiger partial charge is 0.272 e. The molecule has 0 bridgehead atoms. The van der Waals surface area contributed by atoms with Crippen LogP contribution in [0.25, 0.3) is 11.0 Å². The molecule has 3 rings (SSSR count). The summed E-state index contributed by atoms with van der Waals surface area (Å²) >= 11 is 0. The van der Waals surface area contributed by atoms with Gasteiger partial charge in [-0.2, -0.15) is 0 Å². The zero-order valence-corrected chi connectivity index (χ0v) is 15.6. The summed E-state index contributed by atoms with van der Waals surface area (Å²) in [4.78, 5) is 8.74. The van der Waals surface area contributed by atoms with Gasteiger partial charge >= 0.3 is 0 Å². The van der Waals surface area contributed by atoms with Gasteiger partial charge in [0.15, 0.2) is 5.82 Å². The van der Waals surface area contributed by atoms with Crippen molar-refractivity contribution in [1.82, 2.24) is 14.5 Å². The second-order valence-electron chi connectivity index (χ2n) is 6.49. The molecule has 2 aromatic rings. The van der Waals surface area contributed by atoms with Crippen LogP contribution in [-0.2, 0) is 14.2 Å². The van der Waals surface area contributed by atoms with E-state index in [1.54, 1.807) is 6.20 Å². The number of nitrogens with zero attached hydrogens (tertiary/aromatic N) is 3. The third kappa shape index (κ3) is 4.15. The van der Waals surface area contributed by atoms with E-state index in [9.17, 15) is 0 Å². The van der Waals surface area contributed by atoms with Crippen LogP contribution in [0.5, 0.6) is 0 Å². The van der Waals surface area contributed by atoms with Crippen LogP contribution < -0.4 is 11.3 Å². The summed E-state index contributed by atoms with van der Waals surface area (Å²) in [5.41, 5.74) is 4.35. The number of hydrogen-bond donors (Lipinski definition) is 2. The molecule has 0 saturated carbocycles. The SMILES string of the molecule is CCCCCC[C@H]([C@@H]1COC(OCC)O1)n1cnc2c(NN)nccc21. The lowest BCUT2D eigenvalue weighted by Gasteiger charge is -2.24. The molecule has 0 amide bonds. The van der Waals surface area contributed by atoms with Gasteiger partial charge < -0.3 is 24.2 Å². The highest BCUT2D eigenvalue weighted by molar-refractivity contribution is 5.85. The lowest BCUT2D eigenvalue weighted by molar-refractivity contribution is -0.237. The fourth-order valence-electron chi connectivity index (χ4n) is 3.44. The fraction of sp³-hybridized carbons (Fsp3) is 0.667. The second-order valence-corrected chi connectivity index (χ2v) is 6.49. The summed E-state index contributed by atoms with van der Waals surface area (Å²) in [5.74, 6) is 6.14. The van der Waals surface area contributed by atoms with Crippen LogP contribution >= 0.6 is 0 Å². The molecule has 3 atom stereocenters. The Balaban J connectivity index is 1.83. The van der Waals surface area contributed by atoms with E-state index in [0.717, 1.165) is 23.9 Å². The van der Waals surface area contributed by atoms with Gasteiger partial charge in [0.05, 0.1) is 24.5 Å². The number of fused-ring (bicyclic) bond motifs is 1. The van der Waals surface area contributed by atoms with E-state index in [4.69, 9.17) is 20.1 Å². The molecule has 144 valence electrons. The van der Waals surface area contributed by atoms with E-state index < -0.39 is 6.48 Å². The van der Waals surface area contributed by atoms with Gasteiger partial charge in [0.25, 0.3) is 6.48 Å². The summed E-state index contributed by atoms with van der Waals surface area (Å²) in [6.45, 7) is 4.64. The molecule has 0 radical (unpaired) electrons. The van der Waals surface area contributed by atoms with Crippen LogP contribution in [0.1, 0.15) is 52.0 Å². The minimum atomic E-state index is -0.583. The minimum absolute atomic E-state index is 0.0759. The van der Waals surface area contributed by atoms with Crippen molar-refractivity contribution in [2.45, 2.75) is 64.6 Å². The van der Waals surface area contributed by atoms with Gasteiger partial charge in [0.1, 0.15) is 11.6 Å². The maximum absolute atomic E-state index is 6.00. The number of imidazole rings is 1. The van der Waals surface area contributed by atoms with E-state index in [2.05, 4.69) is 26.9 Å². The molecule has 2 aromatic heterocycles. The highest BCUT2D eigenvalue weighted by Crippen LogP contribution is 2.31. The minimum Gasteiger partial charge on any atom is -0.330 e. The first-order valence-electron chi connectivity index (χ1n) is 9.45. The van der Waals surface area contributed by atoms with Gasteiger partial charge in [-0.05, 0) is 19.4 Å². The van der Waals surface area contributed by atoms with Crippen molar-refractivity contribution in [3.8, 4) is 0 Å². The first kappa shape index (κ1) is 19.0. The molecule has 26 heavy (non-hydrogen) atoms. The van der Waals surface area contributed by atoms with Gasteiger partial charge in [-0.25, -0.2) is 15.8 Å². The van der Waals surface area contributed by atoms with E-state index in [-0.39, 0.29) is 12.1 Å². The topological polar surface area (TPSA) is 96.5 Å². The molecule has 1 saturated heterocycles. The third-order valence-electron chi connectivity index (χ3n) is 4.75. The van der Waals surface area contributed by atoms with E-state index >= 15 is 0 Å². The van der Waals surface area contributed by atoms with Gasteiger partial charge in [-0.3, -0.25) is 0 Å². The Morgan fingerprint density at radius 3 is 3.00 bits per heavy atom. The number of rotatable bonds is 10. The van der Waals surface area contributed by atoms with Gasteiger partial charge in [-0.1, -0.05) is 32.6 Å². The summed E-state index contributed by atoms with van der Waals surface area (Å²) in [5, 5.41) is 0. The summed E-state index contributed by atoms with van der Waals surface area (Å²) in [6.07, 6.45) is 9.29. The van der Waals surface area contributed by atoms with Crippen LogP contribution in [0.2, 0.25) is 0 Å². The van der Waals surface area contributed by atoms with Crippen molar-refractivity contribution < 1.29 is 14.2 Å². The summed E-state index contributed by atoms with van der Waals surface area (Å²) in [7, 11) is 0. The lowest BCUT2D eigenvalue weighted by atomic mass is 10.0. The number of ether oxygens (including phenoxy) is 3. The van der Waals surface area contributed by atoms with Crippen LogP contribution in [0, 0.1) is 0 Å². The molecule has 0 aliphatic carbocycles. The fourth-order valence-corrected chi connectivity index (χ4v) is 3.44. The normalized spacial score (nSPS) is 21.3. The highest BCUT2D eigenvalue weighted by atomic mass is 16.9. The standard InChI is InChI=1S/C18H29N5O3/c1-3-5-6-7-8-13(15-11-25-18(26-15)24-4-2)23-12-21-16-14(23)9-10-20-17(16)22-19/h9-10,12-13,15,18H,3-8,11,19H2,1-2H3,(H,20,22)/t13-,15+,18?/m1/s1. The van der Waals surface area contributed by atoms with Crippen molar-refractivity contribution in [2.24, 2.45) is 5.84 Å². The van der Waals surface area contributed by atoms with Gasteiger partial charge in [0.2, 0.25) is 0 Å². The van der Waals surface area contributed by atoms with Crippen molar-refractivity contribution in [1.29, 1.82) is 0 Å². The Labute approximate surface area is 154 Å². The Morgan fingerprint density at radius 2 is 2.23 bits per heavy atom. The van der Waals surface area contributed by atoms with Crippen molar-refractivity contribution in [2.75, 3.05) is 18.6 Å². The number of nitrogen functional groups attached to an aromatic ring is 1. The van der Waals surface area contributed by atoms with Crippen LogP contribution in [-0.4, -0.2) is 40.3 Å². The number of hydrazine groups is 1. The van der Waals surface area contributed by atoms with Gasteiger partial charge in [0, 0.05) is 12.8 Å². The number of aromatic nitrogens is 3. The number of hydrogen-bond acceptors (Lipinski definition) is 7. The largest absolute Gasteiger partial charge is 0.330 e. The zero-order chi connectivity index (χ0) is 18.4. The molecule has 1 fully saturated rings.